The maximum atomic E-state index is 12.6. The highest BCUT2D eigenvalue weighted by Gasteiger charge is 2.11. The summed E-state index contributed by atoms with van der Waals surface area (Å²) in [6.45, 7) is 3.02. The SMILES string of the molecule is Cc1cccnc1-c1ccccc1-c1ccc(=O)n(CCCc2cccc(OCCCC(=O)O)c2)c1. The van der Waals surface area contributed by atoms with Crippen molar-refractivity contribution in [3.8, 4) is 28.1 Å². The van der Waals surface area contributed by atoms with E-state index < -0.39 is 5.97 Å². The molecule has 4 aromatic rings. The predicted molar refractivity (Wildman–Crippen MR) is 141 cm³/mol. The van der Waals surface area contributed by atoms with Crippen LogP contribution in [0.4, 0.5) is 0 Å². The molecule has 1 N–H and O–H groups in total. The Labute approximate surface area is 210 Å². The van der Waals surface area contributed by atoms with Crippen molar-refractivity contribution in [1.82, 2.24) is 9.55 Å². The van der Waals surface area contributed by atoms with Crippen molar-refractivity contribution >= 4 is 5.97 Å². The monoisotopic (exact) mass is 482 g/mol. The van der Waals surface area contributed by atoms with Crippen LogP contribution in [0, 0.1) is 6.92 Å². The van der Waals surface area contributed by atoms with E-state index in [-0.39, 0.29) is 12.0 Å². The van der Waals surface area contributed by atoms with E-state index in [1.54, 1.807) is 16.8 Å². The first-order valence-corrected chi connectivity index (χ1v) is 12.2. The summed E-state index contributed by atoms with van der Waals surface area (Å²) in [5.74, 6) is -0.0829. The quantitative estimate of drug-likeness (QED) is 0.275. The number of benzene rings is 2. The molecule has 0 fully saturated rings. The molecule has 0 aliphatic rings. The van der Waals surface area contributed by atoms with Crippen LogP contribution in [-0.4, -0.2) is 27.2 Å². The second-order valence-corrected chi connectivity index (χ2v) is 8.76. The molecule has 0 aliphatic carbocycles. The average molecular weight is 483 g/mol. The van der Waals surface area contributed by atoms with Crippen molar-refractivity contribution in [2.24, 2.45) is 0 Å². The number of hydrogen-bond acceptors (Lipinski definition) is 4. The first-order valence-electron chi connectivity index (χ1n) is 12.2. The van der Waals surface area contributed by atoms with E-state index in [2.05, 4.69) is 30.1 Å². The molecule has 4 rings (SSSR count). The van der Waals surface area contributed by atoms with E-state index in [0.717, 1.165) is 52.1 Å². The second-order valence-electron chi connectivity index (χ2n) is 8.76. The second kappa shape index (κ2) is 12.0. The van der Waals surface area contributed by atoms with Crippen LogP contribution in [0.3, 0.4) is 0 Å². The predicted octanol–water partition coefficient (Wildman–Crippen LogP) is 5.76. The van der Waals surface area contributed by atoms with Crippen LogP contribution in [0.2, 0.25) is 0 Å². The normalized spacial score (nSPS) is 10.8. The van der Waals surface area contributed by atoms with Crippen molar-refractivity contribution in [1.29, 1.82) is 0 Å². The average Bonchev–Trinajstić information content (AvgIpc) is 2.88. The van der Waals surface area contributed by atoms with Crippen molar-refractivity contribution in [3.63, 3.8) is 0 Å². The van der Waals surface area contributed by atoms with Crippen molar-refractivity contribution < 1.29 is 14.6 Å². The third kappa shape index (κ3) is 6.48. The highest BCUT2D eigenvalue weighted by molar-refractivity contribution is 5.82. The molecule has 2 aromatic heterocycles. The van der Waals surface area contributed by atoms with Gasteiger partial charge in [-0.2, -0.15) is 0 Å². The minimum Gasteiger partial charge on any atom is -0.494 e. The topological polar surface area (TPSA) is 81.4 Å². The van der Waals surface area contributed by atoms with Gasteiger partial charge in [-0.1, -0.05) is 42.5 Å². The fourth-order valence-electron chi connectivity index (χ4n) is 4.23. The Bertz CT molecular complexity index is 1390. The molecular formula is C30H30N2O4. The third-order valence-corrected chi connectivity index (χ3v) is 6.05. The summed E-state index contributed by atoms with van der Waals surface area (Å²) in [6, 6.07) is 23.5. The highest BCUT2D eigenvalue weighted by Crippen LogP contribution is 2.32. The minimum absolute atomic E-state index is 0.0271. The van der Waals surface area contributed by atoms with Crippen LogP contribution in [0.25, 0.3) is 22.4 Å². The van der Waals surface area contributed by atoms with E-state index in [1.807, 2.05) is 54.7 Å². The molecule has 2 aromatic carbocycles. The number of rotatable bonds is 11. The molecule has 6 nitrogen and oxygen atoms in total. The zero-order valence-corrected chi connectivity index (χ0v) is 20.4. The lowest BCUT2D eigenvalue weighted by atomic mass is 9.96. The number of aromatic nitrogens is 2. The van der Waals surface area contributed by atoms with Gasteiger partial charge in [-0.15, -0.1) is 0 Å². The Kier molecular flexibility index (Phi) is 8.29. The Morgan fingerprint density at radius 1 is 0.972 bits per heavy atom. The molecule has 6 heteroatoms. The number of hydrogen-bond donors (Lipinski definition) is 1. The van der Waals surface area contributed by atoms with Crippen LogP contribution in [0.5, 0.6) is 5.75 Å². The Morgan fingerprint density at radius 2 is 1.81 bits per heavy atom. The van der Waals surface area contributed by atoms with Gasteiger partial charge >= 0.3 is 5.97 Å². The molecule has 0 saturated heterocycles. The third-order valence-electron chi connectivity index (χ3n) is 6.05. The van der Waals surface area contributed by atoms with Crippen molar-refractivity contribution in [2.75, 3.05) is 6.61 Å². The van der Waals surface area contributed by atoms with Gasteiger partial charge in [0.2, 0.25) is 0 Å². The van der Waals surface area contributed by atoms with Gasteiger partial charge in [0, 0.05) is 37.0 Å². The van der Waals surface area contributed by atoms with Gasteiger partial charge in [0.25, 0.3) is 5.56 Å². The molecule has 0 unspecified atom stereocenters. The summed E-state index contributed by atoms with van der Waals surface area (Å²) in [7, 11) is 0. The zero-order chi connectivity index (χ0) is 25.3. The summed E-state index contributed by atoms with van der Waals surface area (Å²) < 4.78 is 7.45. The van der Waals surface area contributed by atoms with Crippen molar-refractivity contribution in [2.45, 2.75) is 39.2 Å². The van der Waals surface area contributed by atoms with Gasteiger partial charge in [-0.05, 0) is 72.7 Å². The van der Waals surface area contributed by atoms with E-state index in [9.17, 15) is 9.59 Å². The molecule has 0 bridgehead atoms. The van der Waals surface area contributed by atoms with Crippen molar-refractivity contribution in [3.05, 3.63) is 107 Å². The number of aliphatic carboxylic acids is 1. The first-order chi connectivity index (χ1) is 17.5. The van der Waals surface area contributed by atoms with Crippen LogP contribution < -0.4 is 10.3 Å². The lowest BCUT2D eigenvalue weighted by molar-refractivity contribution is -0.137. The largest absolute Gasteiger partial charge is 0.494 e. The number of carboxylic acids is 1. The molecule has 36 heavy (non-hydrogen) atoms. The number of aryl methyl sites for hydroxylation is 3. The Balaban J connectivity index is 1.44. The molecular weight excluding hydrogens is 452 g/mol. The molecule has 184 valence electrons. The van der Waals surface area contributed by atoms with E-state index in [1.165, 1.54) is 0 Å². The van der Waals surface area contributed by atoms with Crippen LogP contribution >= 0.6 is 0 Å². The standard InChI is InChI=1S/C30H30N2O4/c1-22-8-5-17-31-30(22)27-13-3-2-12-26(27)24-15-16-28(33)32(21-24)18-6-10-23-9-4-11-25(20-23)36-19-7-14-29(34)35/h2-5,8-9,11-13,15-17,20-21H,6-7,10,14,18-19H2,1H3,(H,34,35). The van der Waals surface area contributed by atoms with Crippen LogP contribution in [-0.2, 0) is 17.8 Å². The smallest absolute Gasteiger partial charge is 0.303 e. The molecule has 0 spiro atoms. The molecule has 0 atom stereocenters. The molecule has 0 aliphatic heterocycles. The van der Waals surface area contributed by atoms with E-state index in [4.69, 9.17) is 9.84 Å². The van der Waals surface area contributed by atoms with Gasteiger partial charge < -0.3 is 14.4 Å². The van der Waals surface area contributed by atoms with Gasteiger partial charge in [-0.3, -0.25) is 14.6 Å². The van der Waals surface area contributed by atoms with Gasteiger partial charge in [0.05, 0.1) is 12.3 Å². The molecule has 0 saturated carbocycles. The minimum atomic E-state index is -0.818. The lowest BCUT2D eigenvalue weighted by Crippen LogP contribution is -2.19. The summed E-state index contributed by atoms with van der Waals surface area (Å²) in [6.07, 6.45) is 5.90. The maximum Gasteiger partial charge on any atom is 0.303 e. The van der Waals surface area contributed by atoms with E-state index >= 15 is 0 Å². The van der Waals surface area contributed by atoms with Crippen LogP contribution in [0.15, 0.2) is 90.0 Å². The highest BCUT2D eigenvalue weighted by atomic mass is 16.5. The number of ether oxygens (including phenoxy) is 1. The Morgan fingerprint density at radius 3 is 2.61 bits per heavy atom. The first kappa shape index (κ1) is 24.9. The molecule has 2 heterocycles. The molecule has 0 amide bonds. The lowest BCUT2D eigenvalue weighted by Gasteiger charge is -2.13. The number of nitrogens with zero attached hydrogens (tertiary/aromatic N) is 2. The van der Waals surface area contributed by atoms with Gasteiger partial charge in [0.1, 0.15) is 5.75 Å². The van der Waals surface area contributed by atoms with Gasteiger partial charge in [0.15, 0.2) is 0 Å². The summed E-state index contributed by atoms with van der Waals surface area (Å²) in [5, 5.41) is 8.74. The number of pyridine rings is 2. The van der Waals surface area contributed by atoms with E-state index in [0.29, 0.717) is 19.6 Å². The summed E-state index contributed by atoms with van der Waals surface area (Å²) in [4.78, 5) is 27.8. The molecule has 0 radical (unpaired) electrons. The summed E-state index contributed by atoms with van der Waals surface area (Å²) >= 11 is 0. The Hall–Kier alpha value is -4.19. The number of carbonyl (C=O) groups is 1. The zero-order valence-electron chi connectivity index (χ0n) is 20.4. The fourth-order valence-corrected chi connectivity index (χ4v) is 4.23. The fraction of sp³-hybridized carbons (Fsp3) is 0.233. The van der Waals surface area contributed by atoms with Gasteiger partial charge in [-0.25, -0.2) is 0 Å². The number of carboxylic acid groups (broad SMARTS) is 1. The van der Waals surface area contributed by atoms with Crippen LogP contribution in [0.1, 0.15) is 30.4 Å². The summed E-state index contributed by atoms with van der Waals surface area (Å²) in [5.41, 5.74) is 6.20. The maximum absolute atomic E-state index is 12.6.